The monoisotopic (exact) mass is 566 g/mol. The fourth-order valence-corrected chi connectivity index (χ4v) is 6.33. The molecule has 0 bridgehead atoms. The molecular weight excluding hydrogens is 511 g/mol. The van der Waals surface area contributed by atoms with E-state index in [0.29, 0.717) is 12.0 Å². The second-order valence-electron chi connectivity index (χ2n) is 11.5. The Morgan fingerprint density at radius 1 is 0.538 bits per heavy atom. The zero-order valence-electron chi connectivity index (χ0n) is 25.6. The molecule has 216 valence electrons. The second kappa shape index (κ2) is 22.2. The van der Waals surface area contributed by atoms with Crippen LogP contribution in [0.2, 0.25) is 0 Å². The second-order valence-corrected chi connectivity index (χ2v) is 12.8. The summed E-state index contributed by atoms with van der Waals surface area (Å²) in [5, 5.41) is 1.90. The minimum Gasteiger partial charge on any atom is -0.744 e. The molecule has 0 radical (unpaired) electrons. The van der Waals surface area contributed by atoms with Crippen molar-refractivity contribution >= 4 is 20.9 Å². The molecule has 0 aliphatic heterocycles. The van der Waals surface area contributed by atoms with Gasteiger partial charge in [-0.05, 0) is 59.7 Å². The molecule has 39 heavy (non-hydrogen) atoms. The number of hydrogen-bond donors (Lipinski definition) is 0. The van der Waals surface area contributed by atoms with Gasteiger partial charge in [-0.2, -0.15) is 0 Å². The smallest absolute Gasteiger partial charge is 0.744 e. The van der Waals surface area contributed by atoms with Gasteiger partial charge in [-0.25, -0.2) is 8.42 Å². The fraction of sp³-hybridized carbons (Fsp3) is 0.706. The zero-order chi connectivity index (χ0) is 27.5. The van der Waals surface area contributed by atoms with Gasteiger partial charge in [-0.15, -0.1) is 0 Å². The van der Waals surface area contributed by atoms with E-state index in [-0.39, 0.29) is 34.5 Å². The van der Waals surface area contributed by atoms with Crippen LogP contribution in [0.1, 0.15) is 153 Å². The van der Waals surface area contributed by atoms with E-state index in [0.717, 1.165) is 36.5 Å². The molecule has 0 aliphatic rings. The van der Waals surface area contributed by atoms with Gasteiger partial charge in [-0.1, -0.05) is 148 Å². The molecule has 2 aromatic rings. The topological polar surface area (TPSA) is 57.2 Å². The van der Waals surface area contributed by atoms with Crippen LogP contribution >= 0.6 is 0 Å². The summed E-state index contributed by atoms with van der Waals surface area (Å²) in [6.45, 7) is 4.51. The first-order valence-electron chi connectivity index (χ1n) is 16.0. The van der Waals surface area contributed by atoms with Gasteiger partial charge in [0, 0.05) is 0 Å². The summed E-state index contributed by atoms with van der Waals surface area (Å²) < 4.78 is 36.2. The Morgan fingerprint density at radius 3 is 1.44 bits per heavy atom. The summed E-state index contributed by atoms with van der Waals surface area (Å²) >= 11 is 0. The number of unbranched alkanes of at least 4 members (excludes halogenated alkanes) is 18. The van der Waals surface area contributed by atoms with Crippen molar-refractivity contribution < 1.29 is 42.5 Å². The van der Waals surface area contributed by atoms with E-state index in [1.807, 2.05) is 6.07 Å². The van der Waals surface area contributed by atoms with Gasteiger partial charge in [0.1, 0.15) is 10.1 Å². The van der Waals surface area contributed by atoms with E-state index >= 15 is 0 Å². The van der Waals surface area contributed by atoms with Gasteiger partial charge in [-0.3, -0.25) is 0 Å². The standard InChI is InChI=1S/C34H56O3S.Na/c1-3-5-7-9-11-13-15-17-19-21-23-30-25-26-31-28-32(34(38(35,36)37)29-33(31)27-30)24-22-20-18-16-14-12-10-8-6-4-2;/h25-29H,3-24H2,1-2H3,(H,35,36,37);/q;+1/p-1. The van der Waals surface area contributed by atoms with E-state index in [4.69, 9.17) is 0 Å². The normalized spacial score (nSPS) is 11.7. The van der Waals surface area contributed by atoms with Crippen molar-refractivity contribution in [1.82, 2.24) is 0 Å². The first-order valence-corrected chi connectivity index (χ1v) is 17.4. The Morgan fingerprint density at radius 2 is 0.974 bits per heavy atom. The van der Waals surface area contributed by atoms with Gasteiger partial charge >= 0.3 is 29.6 Å². The first kappa shape index (κ1) is 36.6. The first-order chi connectivity index (χ1) is 18.5. The van der Waals surface area contributed by atoms with Crippen LogP contribution in [0.15, 0.2) is 35.2 Å². The van der Waals surface area contributed by atoms with E-state index in [1.54, 1.807) is 6.07 Å². The summed E-state index contributed by atoms with van der Waals surface area (Å²) in [5.74, 6) is 0. The third-order valence-corrected chi connectivity index (χ3v) is 8.89. The molecule has 0 atom stereocenters. The van der Waals surface area contributed by atoms with Crippen molar-refractivity contribution in [3.8, 4) is 0 Å². The summed E-state index contributed by atoms with van der Waals surface area (Å²) in [5.41, 5.74) is 1.92. The summed E-state index contributed by atoms with van der Waals surface area (Å²) in [6.07, 6.45) is 27.3. The molecule has 0 fully saturated rings. The predicted molar refractivity (Wildman–Crippen MR) is 163 cm³/mol. The van der Waals surface area contributed by atoms with Crippen LogP contribution < -0.4 is 29.6 Å². The maximum atomic E-state index is 12.1. The van der Waals surface area contributed by atoms with Crippen LogP contribution in [-0.4, -0.2) is 13.0 Å². The number of benzene rings is 2. The average molecular weight is 567 g/mol. The van der Waals surface area contributed by atoms with Gasteiger partial charge in [0.2, 0.25) is 0 Å². The van der Waals surface area contributed by atoms with Crippen LogP contribution in [0.25, 0.3) is 10.8 Å². The third-order valence-electron chi connectivity index (χ3n) is 7.97. The Hall–Kier alpha value is -0.390. The number of rotatable bonds is 23. The molecule has 0 amide bonds. The van der Waals surface area contributed by atoms with Gasteiger partial charge in [0.15, 0.2) is 0 Å². The molecule has 0 aliphatic carbocycles. The quantitative estimate of drug-likeness (QED) is 0.0788. The minimum atomic E-state index is -4.49. The molecule has 0 aromatic heterocycles. The van der Waals surface area contributed by atoms with Crippen LogP contribution in [0.4, 0.5) is 0 Å². The SMILES string of the molecule is CCCCCCCCCCCCc1ccc2cc(CCCCCCCCCCCC)c(S(=O)(=O)[O-])cc2c1.[Na+]. The molecule has 0 unspecified atom stereocenters. The van der Waals surface area contributed by atoms with Gasteiger partial charge in [0.25, 0.3) is 0 Å². The summed E-state index contributed by atoms with van der Waals surface area (Å²) in [7, 11) is -4.49. The van der Waals surface area contributed by atoms with Crippen molar-refractivity contribution in [3.63, 3.8) is 0 Å². The largest absolute Gasteiger partial charge is 1.00 e. The van der Waals surface area contributed by atoms with E-state index in [1.165, 1.54) is 115 Å². The van der Waals surface area contributed by atoms with Crippen molar-refractivity contribution in [2.24, 2.45) is 0 Å². The van der Waals surface area contributed by atoms with Crippen molar-refractivity contribution in [3.05, 3.63) is 41.5 Å². The van der Waals surface area contributed by atoms with Gasteiger partial charge < -0.3 is 4.55 Å². The Labute approximate surface area is 263 Å². The van der Waals surface area contributed by atoms with Crippen molar-refractivity contribution in [1.29, 1.82) is 0 Å². The van der Waals surface area contributed by atoms with E-state index in [9.17, 15) is 13.0 Å². The summed E-state index contributed by atoms with van der Waals surface area (Å²) in [6, 6.07) is 9.93. The molecule has 2 aromatic carbocycles. The van der Waals surface area contributed by atoms with Crippen LogP contribution in [0.5, 0.6) is 0 Å². The molecule has 0 saturated carbocycles. The molecular formula is C34H55NaO3S. The average Bonchev–Trinajstić information content (AvgIpc) is 2.89. The number of hydrogen-bond acceptors (Lipinski definition) is 3. The molecule has 2 rings (SSSR count). The number of fused-ring (bicyclic) bond motifs is 1. The molecule has 0 heterocycles. The molecule has 3 nitrogen and oxygen atoms in total. The maximum absolute atomic E-state index is 12.1. The fourth-order valence-electron chi connectivity index (χ4n) is 5.58. The van der Waals surface area contributed by atoms with Crippen LogP contribution in [0.3, 0.4) is 0 Å². The number of aryl methyl sites for hydroxylation is 2. The molecule has 5 heteroatoms. The van der Waals surface area contributed by atoms with Crippen LogP contribution in [-0.2, 0) is 23.0 Å². The molecule has 0 saturated heterocycles. The summed E-state index contributed by atoms with van der Waals surface area (Å²) in [4.78, 5) is -0.0167. The predicted octanol–water partition coefficient (Wildman–Crippen LogP) is 7.67. The zero-order valence-corrected chi connectivity index (χ0v) is 28.4. The Bertz CT molecular complexity index is 1000. The Balaban J connectivity index is 0.00000760. The maximum Gasteiger partial charge on any atom is 1.00 e. The van der Waals surface area contributed by atoms with Crippen molar-refractivity contribution in [2.45, 2.75) is 160 Å². The van der Waals surface area contributed by atoms with E-state index in [2.05, 4.69) is 32.0 Å². The molecule has 0 N–H and O–H groups in total. The molecule has 0 spiro atoms. The third kappa shape index (κ3) is 16.0. The Kier molecular flexibility index (Phi) is 20.9. The van der Waals surface area contributed by atoms with Crippen LogP contribution in [0, 0.1) is 0 Å². The van der Waals surface area contributed by atoms with E-state index < -0.39 is 10.1 Å². The van der Waals surface area contributed by atoms with Gasteiger partial charge in [0.05, 0.1) is 4.90 Å². The minimum absolute atomic E-state index is 0. The van der Waals surface area contributed by atoms with Crippen molar-refractivity contribution in [2.75, 3.05) is 0 Å².